The van der Waals surface area contributed by atoms with Crippen molar-refractivity contribution in [2.24, 2.45) is 0 Å². The van der Waals surface area contributed by atoms with Crippen molar-refractivity contribution < 1.29 is 9.90 Å². The number of aromatic nitrogens is 3. The van der Waals surface area contributed by atoms with Crippen LogP contribution in [0, 0.1) is 11.3 Å². The number of nitrogens with zero attached hydrogens (tertiary/aromatic N) is 5. The van der Waals surface area contributed by atoms with Gasteiger partial charge in [-0.15, -0.1) is 11.3 Å². The monoisotopic (exact) mass is 383 g/mol. The minimum Gasteiger partial charge on any atom is -0.385 e. The van der Waals surface area contributed by atoms with Gasteiger partial charge in [0.25, 0.3) is 0 Å². The van der Waals surface area contributed by atoms with Gasteiger partial charge in [0.05, 0.1) is 34.0 Å². The fraction of sp³-hybridized carbons (Fsp3) is 0.474. The van der Waals surface area contributed by atoms with Crippen LogP contribution in [0.5, 0.6) is 0 Å². The average molecular weight is 383 g/mol. The van der Waals surface area contributed by atoms with Crippen molar-refractivity contribution in [2.45, 2.75) is 44.8 Å². The number of thiophene rings is 1. The van der Waals surface area contributed by atoms with E-state index in [1.165, 1.54) is 0 Å². The predicted molar refractivity (Wildman–Crippen MR) is 103 cm³/mol. The molecule has 0 aliphatic carbocycles. The van der Waals surface area contributed by atoms with Crippen molar-refractivity contribution in [3.8, 4) is 6.07 Å². The number of piperidine rings is 1. The van der Waals surface area contributed by atoms with E-state index in [4.69, 9.17) is 5.26 Å². The maximum absolute atomic E-state index is 12.4. The number of rotatable bonds is 4. The summed E-state index contributed by atoms with van der Waals surface area (Å²) in [4.78, 5) is 23.4. The molecule has 1 amide bonds. The van der Waals surface area contributed by atoms with Crippen molar-refractivity contribution in [3.63, 3.8) is 0 Å². The second-order valence-corrected chi connectivity index (χ2v) is 7.85. The molecule has 0 radical (unpaired) electrons. The molecule has 1 fully saturated rings. The fourth-order valence-corrected chi connectivity index (χ4v) is 4.76. The number of aliphatic hydroxyl groups is 1. The zero-order valence-corrected chi connectivity index (χ0v) is 15.9. The first-order valence-electron chi connectivity index (χ1n) is 9.17. The van der Waals surface area contributed by atoms with Gasteiger partial charge >= 0.3 is 0 Å². The number of carbonyl (C=O) groups excluding carboxylic acids is 1. The molecule has 0 spiro atoms. The van der Waals surface area contributed by atoms with E-state index < -0.39 is 6.10 Å². The molecule has 8 heteroatoms. The van der Waals surface area contributed by atoms with E-state index in [-0.39, 0.29) is 24.8 Å². The maximum Gasteiger partial charge on any atom is 0.223 e. The molecule has 2 atom stereocenters. The van der Waals surface area contributed by atoms with Gasteiger partial charge in [0.1, 0.15) is 17.4 Å². The molecule has 0 bridgehead atoms. The Kier molecular flexibility index (Phi) is 4.81. The van der Waals surface area contributed by atoms with Crippen molar-refractivity contribution in [1.29, 1.82) is 5.26 Å². The van der Waals surface area contributed by atoms with Gasteiger partial charge in [0, 0.05) is 25.9 Å². The summed E-state index contributed by atoms with van der Waals surface area (Å²) in [6.07, 6.45) is 3.36. The normalized spacial score (nSPS) is 18.7. The van der Waals surface area contributed by atoms with Crippen LogP contribution in [0.4, 0.5) is 0 Å². The number of fused-ring (bicyclic) bond motifs is 3. The Morgan fingerprint density at radius 3 is 3.15 bits per heavy atom. The molecular weight excluding hydrogens is 362 g/mol. The van der Waals surface area contributed by atoms with E-state index >= 15 is 0 Å². The molecule has 0 saturated carbocycles. The largest absolute Gasteiger partial charge is 0.385 e. The van der Waals surface area contributed by atoms with Gasteiger partial charge in [-0.25, -0.2) is 4.98 Å². The van der Waals surface area contributed by atoms with Gasteiger partial charge in [-0.3, -0.25) is 9.78 Å². The Labute approximate surface area is 160 Å². The topological polar surface area (TPSA) is 95.0 Å². The molecule has 1 aliphatic rings. The van der Waals surface area contributed by atoms with Crippen LogP contribution < -0.4 is 0 Å². The van der Waals surface area contributed by atoms with E-state index in [1.807, 2.05) is 22.4 Å². The Bertz CT molecular complexity index is 1030. The number of aliphatic hydroxyl groups excluding tert-OH is 1. The zero-order valence-electron chi connectivity index (χ0n) is 15.1. The first-order chi connectivity index (χ1) is 13.1. The summed E-state index contributed by atoms with van der Waals surface area (Å²) in [7, 11) is 0. The second kappa shape index (κ2) is 7.25. The van der Waals surface area contributed by atoms with Crippen LogP contribution in [0.25, 0.3) is 21.3 Å². The molecule has 3 aromatic rings. The number of hydrogen-bond acceptors (Lipinski definition) is 6. The van der Waals surface area contributed by atoms with Gasteiger partial charge in [-0.05, 0) is 31.2 Å². The summed E-state index contributed by atoms with van der Waals surface area (Å²) >= 11 is 1.62. The van der Waals surface area contributed by atoms with Crippen LogP contribution in [0.2, 0.25) is 0 Å². The van der Waals surface area contributed by atoms with Crippen LogP contribution in [0.15, 0.2) is 17.6 Å². The third-order valence-corrected chi connectivity index (χ3v) is 6.00. The molecule has 2 unspecified atom stereocenters. The lowest BCUT2D eigenvalue weighted by Crippen LogP contribution is -2.41. The number of pyridine rings is 1. The van der Waals surface area contributed by atoms with Crippen LogP contribution >= 0.6 is 11.3 Å². The van der Waals surface area contributed by atoms with Crippen molar-refractivity contribution >= 4 is 38.5 Å². The minimum absolute atomic E-state index is 0.0206. The van der Waals surface area contributed by atoms with Crippen LogP contribution in [0.3, 0.4) is 0 Å². The van der Waals surface area contributed by atoms with Gasteiger partial charge in [-0.2, -0.15) is 5.26 Å². The SMILES string of the molecule is CC(O)c1nc2cnc3ccsc3c2n1C1CCCN(C(=O)CCC#N)C1. The van der Waals surface area contributed by atoms with E-state index in [1.54, 1.807) is 24.5 Å². The molecule has 3 aromatic heterocycles. The lowest BCUT2D eigenvalue weighted by molar-refractivity contribution is -0.132. The van der Waals surface area contributed by atoms with Crippen molar-refractivity contribution in [1.82, 2.24) is 19.4 Å². The van der Waals surface area contributed by atoms with Gasteiger partial charge < -0.3 is 14.6 Å². The fourth-order valence-electron chi connectivity index (χ4n) is 3.87. The van der Waals surface area contributed by atoms with Crippen LogP contribution in [0.1, 0.15) is 50.6 Å². The standard InChI is InChI=1S/C19H21N5O2S/c1-12(25)19-22-15-10-21-14-6-9-27-18(14)17(15)24(19)13-4-3-8-23(11-13)16(26)5-2-7-20/h6,9-10,12-13,25H,2-5,8,11H2,1H3. The van der Waals surface area contributed by atoms with Crippen molar-refractivity contribution in [2.75, 3.05) is 13.1 Å². The Morgan fingerprint density at radius 2 is 2.37 bits per heavy atom. The van der Waals surface area contributed by atoms with Gasteiger partial charge in [0.15, 0.2) is 0 Å². The van der Waals surface area contributed by atoms with E-state index in [2.05, 4.69) is 14.5 Å². The number of imidazole rings is 1. The third-order valence-electron chi connectivity index (χ3n) is 5.09. The number of carbonyl (C=O) groups is 1. The summed E-state index contributed by atoms with van der Waals surface area (Å²) in [6, 6.07) is 4.07. The average Bonchev–Trinajstić information content (AvgIpc) is 3.29. The molecule has 27 heavy (non-hydrogen) atoms. The summed E-state index contributed by atoms with van der Waals surface area (Å²) in [5.41, 5.74) is 2.68. The highest BCUT2D eigenvalue weighted by Crippen LogP contribution is 2.35. The zero-order chi connectivity index (χ0) is 19.0. The quantitative estimate of drug-likeness (QED) is 0.747. The number of likely N-dealkylation sites (tertiary alicyclic amines) is 1. The maximum atomic E-state index is 12.4. The summed E-state index contributed by atoms with van der Waals surface area (Å²) < 4.78 is 3.17. The summed E-state index contributed by atoms with van der Waals surface area (Å²) in [5.74, 6) is 0.635. The number of amides is 1. The Morgan fingerprint density at radius 1 is 1.52 bits per heavy atom. The Balaban J connectivity index is 1.77. The molecular formula is C19H21N5O2S. The third kappa shape index (κ3) is 3.17. The molecule has 4 rings (SSSR count). The lowest BCUT2D eigenvalue weighted by atomic mass is 10.0. The molecule has 7 nitrogen and oxygen atoms in total. The summed E-state index contributed by atoms with van der Waals surface area (Å²) in [5, 5.41) is 21.1. The Hall–Kier alpha value is -2.50. The van der Waals surface area contributed by atoms with Gasteiger partial charge in [0.2, 0.25) is 5.91 Å². The molecule has 140 valence electrons. The summed E-state index contributed by atoms with van der Waals surface area (Å²) in [6.45, 7) is 3.01. The van der Waals surface area contributed by atoms with E-state index in [9.17, 15) is 9.90 Å². The molecule has 0 aromatic carbocycles. The molecule has 1 N–H and O–H groups in total. The van der Waals surface area contributed by atoms with E-state index in [0.717, 1.165) is 34.1 Å². The van der Waals surface area contributed by atoms with E-state index in [0.29, 0.717) is 18.9 Å². The molecule has 1 aliphatic heterocycles. The predicted octanol–water partition coefficient (Wildman–Crippen LogP) is 3.17. The number of nitriles is 1. The second-order valence-electron chi connectivity index (χ2n) is 6.94. The first-order valence-corrected chi connectivity index (χ1v) is 10.0. The minimum atomic E-state index is -0.711. The smallest absolute Gasteiger partial charge is 0.223 e. The lowest BCUT2D eigenvalue weighted by Gasteiger charge is -2.34. The highest BCUT2D eigenvalue weighted by atomic mass is 32.1. The van der Waals surface area contributed by atoms with Crippen molar-refractivity contribution in [3.05, 3.63) is 23.5 Å². The highest BCUT2D eigenvalue weighted by molar-refractivity contribution is 7.18. The molecule has 4 heterocycles. The van der Waals surface area contributed by atoms with Crippen LogP contribution in [-0.4, -0.2) is 43.5 Å². The molecule has 1 saturated heterocycles. The highest BCUT2D eigenvalue weighted by Gasteiger charge is 2.29. The van der Waals surface area contributed by atoms with Gasteiger partial charge in [-0.1, -0.05) is 0 Å². The van der Waals surface area contributed by atoms with Crippen LogP contribution in [-0.2, 0) is 4.79 Å². The first kappa shape index (κ1) is 17.9. The number of hydrogen-bond donors (Lipinski definition) is 1.